The fraction of sp³-hybridized carbons (Fsp3) is 0.438. The van der Waals surface area contributed by atoms with Gasteiger partial charge >= 0.3 is 6.18 Å². The minimum Gasteiger partial charge on any atom is -0.340 e. The number of carbonyl (C=O) groups excluding carboxylic acids is 1. The maximum Gasteiger partial charge on any atom is 0.416 e. The Hall–Kier alpha value is -2.42. The van der Waals surface area contributed by atoms with Gasteiger partial charge in [0.15, 0.2) is 0 Å². The fourth-order valence-corrected chi connectivity index (χ4v) is 2.66. The van der Waals surface area contributed by atoms with Crippen molar-refractivity contribution in [3.05, 3.63) is 35.7 Å². The van der Waals surface area contributed by atoms with E-state index >= 15 is 0 Å². The molecule has 0 N–H and O–H groups in total. The van der Waals surface area contributed by atoms with Crippen molar-refractivity contribution in [2.75, 3.05) is 26.2 Å². The maximum absolute atomic E-state index is 12.6. The van der Waals surface area contributed by atoms with E-state index in [4.69, 9.17) is 4.52 Å². The molecule has 1 amide bonds. The number of benzene rings is 1. The molecule has 1 aromatic heterocycles. The third kappa shape index (κ3) is 4.16. The molecule has 0 spiro atoms. The molecule has 1 aliphatic heterocycles. The van der Waals surface area contributed by atoms with Gasteiger partial charge in [0.2, 0.25) is 17.6 Å². The summed E-state index contributed by atoms with van der Waals surface area (Å²) < 4.78 is 42.9. The first-order valence-electron chi connectivity index (χ1n) is 7.81. The van der Waals surface area contributed by atoms with Gasteiger partial charge in [-0.15, -0.1) is 0 Å². The molecule has 25 heavy (non-hydrogen) atoms. The highest BCUT2D eigenvalue weighted by Crippen LogP contribution is 2.30. The fourth-order valence-electron chi connectivity index (χ4n) is 2.66. The van der Waals surface area contributed by atoms with Crippen LogP contribution in [0.1, 0.15) is 18.4 Å². The molecule has 134 valence electrons. The molecule has 6 nitrogen and oxygen atoms in total. The number of nitrogens with zero attached hydrogens (tertiary/aromatic N) is 4. The monoisotopic (exact) mass is 354 g/mol. The molecule has 2 heterocycles. The highest BCUT2D eigenvalue weighted by atomic mass is 19.4. The topological polar surface area (TPSA) is 62.5 Å². The lowest BCUT2D eigenvalue weighted by molar-refractivity contribution is -0.137. The number of halogens is 3. The first-order chi connectivity index (χ1) is 11.8. The summed E-state index contributed by atoms with van der Waals surface area (Å²) in [5.74, 6) is 0.708. The Morgan fingerprint density at radius 1 is 1.16 bits per heavy atom. The lowest BCUT2D eigenvalue weighted by Gasteiger charge is -2.33. The highest BCUT2D eigenvalue weighted by molar-refractivity contribution is 5.73. The SMILES string of the molecule is CC(=O)N1CCN(Cc2nc(-c3ccc(C(F)(F)F)cc3)no2)CC1. The van der Waals surface area contributed by atoms with Crippen LogP contribution >= 0.6 is 0 Å². The summed E-state index contributed by atoms with van der Waals surface area (Å²) in [5.41, 5.74) is -0.257. The van der Waals surface area contributed by atoms with Gasteiger partial charge in [0.25, 0.3) is 0 Å². The standard InChI is InChI=1S/C16H17F3N4O2/c1-11(24)23-8-6-22(7-9-23)10-14-20-15(21-25-14)12-2-4-13(5-3-12)16(17,18)19/h2-5H,6-10H2,1H3. The highest BCUT2D eigenvalue weighted by Gasteiger charge is 2.30. The first kappa shape index (κ1) is 17.4. The Bertz CT molecular complexity index is 735. The molecule has 0 saturated carbocycles. The van der Waals surface area contributed by atoms with Gasteiger partial charge in [0.05, 0.1) is 12.1 Å². The van der Waals surface area contributed by atoms with Crippen LogP contribution in [0, 0.1) is 0 Å². The van der Waals surface area contributed by atoms with Gasteiger partial charge < -0.3 is 9.42 Å². The van der Waals surface area contributed by atoms with Crippen LogP contribution in [-0.2, 0) is 17.5 Å². The van der Waals surface area contributed by atoms with Gasteiger partial charge in [-0.25, -0.2) is 0 Å². The lowest BCUT2D eigenvalue weighted by atomic mass is 10.1. The summed E-state index contributed by atoms with van der Waals surface area (Å²) in [5, 5.41) is 3.83. The van der Waals surface area contributed by atoms with Crippen molar-refractivity contribution in [2.24, 2.45) is 0 Å². The maximum atomic E-state index is 12.6. The van der Waals surface area contributed by atoms with Crippen molar-refractivity contribution in [1.82, 2.24) is 19.9 Å². The predicted octanol–water partition coefficient (Wildman–Crippen LogP) is 2.42. The predicted molar refractivity (Wildman–Crippen MR) is 82.3 cm³/mol. The van der Waals surface area contributed by atoms with Crippen LogP contribution in [-0.4, -0.2) is 52.0 Å². The third-order valence-corrected chi connectivity index (χ3v) is 4.11. The molecule has 0 aliphatic carbocycles. The van der Waals surface area contributed by atoms with E-state index in [0.717, 1.165) is 12.1 Å². The molecule has 0 radical (unpaired) electrons. The summed E-state index contributed by atoms with van der Waals surface area (Å²) in [6, 6.07) is 4.63. The molecule has 3 rings (SSSR count). The number of carbonyl (C=O) groups is 1. The molecule has 0 bridgehead atoms. The number of alkyl halides is 3. The van der Waals surface area contributed by atoms with E-state index < -0.39 is 11.7 Å². The number of aromatic nitrogens is 2. The normalized spacial score (nSPS) is 16.2. The minimum atomic E-state index is -4.37. The molecule has 0 unspecified atom stereocenters. The van der Waals surface area contributed by atoms with Gasteiger partial charge in [0, 0.05) is 38.7 Å². The Morgan fingerprint density at radius 2 is 1.80 bits per heavy atom. The number of piperazine rings is 1. The zero-order chi connectivity index (χ0) is 18.0. The minimum absolute atomic E-state index is 0.0574. The van der Waals surface area contributed by atoms with Crippen molar-refractivity contribution in [3.8, 4) is 11.4 Å². The van der Waals surface area contributed by atoms with Crippen molar-refractivity contribution in [3.63, 3.8) is 0 Å². The number of rotatable bonds is 3. The van der Waals surface area contributed by atoms with E-state index in [1.54, 1.807) is 11.8 Å². The molecule has 1 aliphatic rings. The molecule has 2 aromatic rings. The van der Waals surface area contributed by atoms with Gasteiger partial charge in [0.1, 0.15) is 0 Å². The first-order valence-corrected chi connectivity index (χ1v) is 7.81. The van der Waals surface area contributed by atoms with E-state index in [2.05, 4.69) is 15.0 Å². The van der Waals surface area contributed by atoms with E-state index in [0.29, 0.717) is 44.2 Å². The van der Waals surface area contributed by atoms with Crippen LogP contribution in [0.5, 0.6) is 0 Å². The molecule has 9 heteroatoms. The number of hydrogen-bond donors (Lipinski definition) is 0. The van der Waals surface area contributed by atoms with Crippen molar-refractivity contribution in [2.45, 2.75) is 19.6 Å². The second kappa shape index (κ2) is 6.83. The van der Waals surface area contributed by atoms with Crippen LogP contribution in [0.4, 0.5) is 13.2 Å². The van der Waals surface area contributed by atoms with E-state index in [9.17, 15) is 18.0 Å². The second-order valence-corrected chi connectivity index (χ2v) is 5.87. The van der Waals surface area contributed by atoms with E-state index in [1.807, 2.05) is 0 Å². The van der Waals surface area contributed by atoms with Gasteiger partial charge in [-0.1, -0.05) is 17.3 Å². The molecule has 1 saturated heterocycles. The smallest absolute Gasteiger partial charge is 0.340 e. The van der Waals surface area contributed by atoms with Crippen LogP contribution in [0.25, 0.3) is 11.4 Å². The van der Waals surface area contributed by atoms with Crippen LogP contribution in [0.3, 0.4) is 0 Å². The molecular formula is C16H17F3N4O2. The van der Waals surface area contributed by atoms with Crippen molar-refractivity contribution in [1.29, 1.82) is 0 Å². The summed E-state index contributed by atoms with van der Waals surface area (Å²) >= 11 is 0. The molecule has 1 fully saturated rings. The van der Waals surface area contributed by atoms with Gasteiger partial charge in [-0.05, 0) is 12.1 Å². The van der Waals surface area contributed by atoms with Crippen LogP contribution in [0.15, 0.2) is 28.8 Å². The Balaban J connectivity index is 1.62. The zero-order valence-electron chi connectivity index (χ0n) is 13.6. The van der Waals surface area contributed by atoms with Crippen LogP contribution in [0.2, 0.25) is 0 Å². The Labute approximate surface area is 142 Å². The average molecular weight is 354 g/mol. The van der Waals surface area contributed by atoms with Gasteiger partial charge in [-0.3, -0.25) is 9.69 Å². The molecule has 0 atom stereocenters. The summed E-state index contributed by atoms with van der Waals surface area (Å²) in [6.07, 6.45) is -4.37. The van der Waals surface area contributed by atoms with Gasteiger partial charge in [-0.2, -0.15) is 18.2 Å². The number of hydrogen-bond acceptors (Lipinski definition) is 5. The Morgan fingerprint density at radius 3 is 2.36 bits per heavy atom. The molecule has 1 aromatic carbocycles. The summed E-state index contributed by atoms with van der Waals surface area (Å²) in [7, 11) is 0. The largest absolute Gasteiger partial charge is 0.416 e. The molecular weight excluding hydrogens is 337 g/mol. The lowest BCUT2D eigenvalue weighted by Crippen LogP contribution is -2.47. The van der Waals surface area contributed by atoms with Crippen molar-refractivity contribution >= 4 is 5.91 Å². The van der Waals surface area contributed by atoms with Crippen LogP contribution < -0.4 is 0 Å². The number of amides is 1. The average Bonchev–Trinajstić information content (AvgIpc) is 3.03. The summed E-state index contributed by atoms with van der Waals surface area (Å²) in [4.78, 5) is 19.4. The second-order valence-electron chi connectivity index (χ2n) is 5.87. The van der Waals surface area contributed by atoms with Crippen molar-refractivity contribution < 1.29 is 22.5 Å². The summed E-state index contributed by atoms with van der Waals surface area (Å²) in [6.45, 7) is 4.70. The zero-order valence-corrected chi connectivity index (χ0v) is 13.6. The Kier molecular flexibility index (Phi) is 4.76. The van der Waals surface area contributed by atoms with E-state index in [-0.39, 0.29) is 11.7 Å². The van der Waals surface area contributed by atoms with E-state index in [1.165, 1.54) is 12.1 Å². The quantitative estimate of drug-likeness (QED) is 0.847. The third-order valence-electron chi connectivity index (χ3n) is 4.11.